The lowest BCUT2D eigenvalue weighted by atomic mass is 9.79. The van der Waals surface area contributed by atoms with Crippen molar-refractivity contribution in [2.75, 3.05) is 32.7 Å². The summed E-state index contributed by atoms with van der Waals surface area (Å²) in [5.74, 6) is 0.461. The van der Waals surface area contributed by atoms with Crippen LogP contribution in [0, 0.1) is 5.92 Å². The molecule has 1 aliphatic carbocycles. The molecule has 2 rings (SSSR count). The highest BCUT2D eigenvalue weighted by molar-refractivity contribution is 7.87. The van der Waals surface area contributed by atoms with E-state index in [1.54, 1.807) is 0 Å². The molecule has 1 aliphatic heterocycles. The van der Waals surface area contributed by atoms with E-state index in [2.05, 4.69) is 17.0 Å². The topological polar surface area (TPSA) is 81.7 Å². The van der Waals surface area contributed by atoms with Gasteiger partial charge < -0.3 is 10.4 Å². The van der Waals surface area contributed by atoms with E-state index >= 15 is 0 Å². The molecule has 112 valence electrons. The van der Waals surface area contributed by atoms with Crippen LogP contribution in [0.2, 0.25) is 0 Å². The van der Waals surface area contributed by atoms with E-state index < -0.39 is 15.8 Å². The molecule has 1 saturated heterocycles. The fourth-order valence-electron chi connectivity index (χ4n) is 2.99. The first kappa shape index (κ1) is 15.2. The summed E-state index contributed by atoms with van der Waals surface area (Å²) >= 11 is 0. The minimum atomic E-state index is -3.45. The fraction of sp³-hybridized carbons (Fsp3) is 1.00. The van der Waals surface area contributed by atoms with Gasteiger partial charge in [0.15, 0.2) is 0 Å². The molecule has 0 spiro atoms. The summed E-state index contributed by atoms with van der Waals surface area (Å²) in [7, 11) is -3.45. The lowest BCUT2D eigenvalue weighted by molar-refractivity contribution is -0.00780. The molecule has 1 saturated carbocycles. The smallest absolute Gasteiger partial charge is 0.279 e. The van der Waals surface area contributed by atoms with E-state index in [9.17, 15) is 13.5 Å². The molecular formula is C12H25N3O3S. The van der Waals surface area contributed by atoms with Gasteiger partial charge in [-0.15, -0.1) is 0 Å². The van der Waals surface area contributed by atoms with Crippen molar-refractivity contribution in [2.24, 2.45) is 5.92 Å². The number of hydrogen-bond acceptors (Lipinski definition) is 4. The number of piperazine rings is 1. The van der Waals surface area contributed by atoms with Crippen molar-refractivity contribution >= 4 is 10.2 Å². The lowest BCUT2D eigenvalue weighted by Crippen LogP contribution is -2.53. The van der Waals surface area contributed by atoms with E-state index in [0.29, 0.717) is 44.9 Å². The Morgan fingerprint density at radius 2 is 2.11 bits per heavy atom. The maximum Gasteiger partial charge on any atom is 0.279 e. The number of hydrogen-bond donors (Lipinski definition) is 3. The van der Waals surface area contributed by atoms with Gasteiger partial charge >= 0.3 is 0 Å². The summed E-state index contributed by atoms with van der Waals surface area (Å²) in [6.07, 6.45) is 3.44. The first-order valence-corrected chi connectivity index (χ1v) is 8.53. The predicted octanol–water partition coefficient (Wildman–Crippen LogP) is -0.333. The summed E-state index contributed by atoms with van der Waals surface area (Å²) in [6, 6.07) is 0. The van der Waals surface area contributed by atoms with Crippen LogP contribution in [0.5, 0.6) is 0 Å². The van der Waals surface area contributed by atoms with Crippen molar-refractivity contribution in [3.8, 4) is 0 Å². The average Bonchev–Trinajstić information content (AvgIpc) is 2.38. The molecule has 2 atom stereocenters. The standard InChI is InChI=1S/C12H25N3O3S/c1-11-3-2-4-12(16,9-11)10-14-19(17,18)15-7-5-13-6-8-15/h11,13-14,16H,2-10H2,1H3. The van der Waals surface area contributed by atoms with Crippen LogP contribution in [-0.2, 0) is 10.2 Å². The Morgan fingerprint density at radius 1 is 1.42 bits per heavy atom. The van der Waals surface area contributed by atoms with Gasteiger partial charge in [-0.2, -0.15) is 17.4 Å². The van der Waals surface area contributed by atoms with Gasteiger partial charge in [0.05, 0.1) is 5.60 Å². The summed E-state index contributed by atoms with van der Waals surface area (Å²) < 4.78 is 28.3. The highest BCUT2D eigenvalue weighted by Crippen LogP contribution is 2.31. The second-order valence-electron chi connectivity index (χ2n) is 5.90. The van der Waals surface area contributed by atoms with E-state index in [1.807, 2.05) is 0 Å². The third-order valence-corrected chi connectivity index (χ3v) is 5.62. The molecule has 7 heteroatoms. The molecule has 3 N–H and O–H groups in total. The van der Waals surface area contributed by atoms with Crippen molar-refractivity contribution in [2.45, 2.75) is 38.2 Å². The number of aliphatic hydroxyl groups is 1. The Bertz CT molecular complexity index is 395. The average molecular weight is 291 g/mol. The van der Waals surface area contributed by atoms with Crippen molar-refractivity contribution < 1.29 is 13.5 Å². The predicted molar refractivity (Wildman–Crippen MR) is 73.9 cm³/mol. The minimum absolute atomic E-state index is 0.129. The highest BCUT2D eigenvalue weighted by atomic mass is 32.2. The van der Waals surface area contributed by atoms with Crippen molar-refractivity contribution in [3.05, 3.63) is 0 Å². The molecule has 0 aromatic carbocycles. The van der Waals surface area contributed by atoms with Gasteiger partial charge in [-0.25, -0.2) is 0 Å². The van der Waals surface area contributed by atoms with Gasteiger partial charge in [0, 0.05) is 32.7 Å². The number of nitrogens with one attached hydrogen (secondary N) is 2. The van der Waals surface area contributed by atoms with E-state index in [1.165, 1.54) is 4.31 Å². The highest BCUT2D eigenvalue weighted by Gasteiger charge is 2.34. The number of rotatable bonds is 4. The molecule has 2 fully saturated rings. The van der Waals surface area contributed by atoms with Crippen molar-refractivity contribution in [1.82, 2.24) is 14.3 Å². The lowest BCUT2D eigenvalue weighted by Gasteiger charge is -2.36. The maximum absolute atomic E-state index is 12.1. The Kier molecular flexibility index (Phi) is 4.84. The zero-order valence-corrected chi connectivity index (χ0v) is 12.4. The first-order valence-electron chi connectivity index (χ1n) is 7.09. The van der Waals surface area contributed by atoms with Gasteiger partial charge in [-0.3, -0.25) is 0 Å². The quantitative estimate of drug-likeness (QED) is 0.662. The van der Waals surface area contributed by atoms with Crippen molar-refractivity contribution in [1.29, 1.82) is 0 Å². The molecule has 1 heterocycles. The summed E-state index contributed by atoms with van der Waals surface area (Å²) in [4.78, 5) is 0. The summed E-state index contributed by atoms with van der Waals surface area (Å²) in [5, 5.41) is 13.6. The molecule has 0 bridgehead atoms. The van der Waals surface area contributed by atoms with Gasteiger partial charge in [-0.05, 0) is 18.8 Å². The van der Waals surface area contributed by atoms with E-state index in [0.717, 1.165) is 12.8 Å². The zero-order valence-electron chi connectivity index (χ0n) is 11.6. The molecule has 0 radical (unpaired) electrons. The molecule has 0 aromatic heterocycles. The summed E-state index contributed by atoms with van der Waals surface area (Å²) in [5.41, 5.74) is -0.876. The summed E-state index contributed by atoms with van der Waals surface area (Å²) in [6.45, 7) is 4.58. The van der Waals surface area contributed by atoms with Crippen LogP contribution < -0.4 is 10.0 Å². The third-order valence-electron chi connectivity index (χ3n) is 4.07. The van der Waals surface area contributed by atoms with E-state index in [4.69, 9.17) is 0 Å². The Labute approximate surface area is 115 Å². The van der Waals surface area contributed by atoms with Crippen LogP contribution in [0.15, 0.2) is 0 Å². The van der Waals surface area contributed by atoms with Crippen LogP contribution >= 0.6 is 0 Å². The van der Waals surface area contributed by atoms with Gasteiger partial charge in [0.1, 0.15) is 0 Å². The molecule has 0 amide bonds. The molecular weight excluding hydrogens is 266 g/mol. The van der Waals surface area contributed by atoms with Gasteiger partial charge in [-0.1, -0.05) is 19.8 Å². The Morgan fingerprint density at radius 3 is 2.74 bits per heavy atom. The van der Waals surface area contributed by atoms with Crippen LogP contribution in [0.1, 0.15) is 32.6 Å². The second-order valence-corrected chi connectivity index (χ2v) is 7.66. The maximum atomic E-state index is 12.1. The Hall–Kier alpha value is -0.210. The molecule has 0 aromatic rings. The van der Waals surface area contributed by atoms with Crippen molar-refractivity contribution in [3.63, 3.8) is 0 Å². The molecule has 6 nitrogen and oxygen atoms in total. The van der Waals surface area contributed by atoms with E-state index in [-0.39, 0.29) is 6.54 Å². The third kappa shape index (κ3) is 4.13. The van der Waals surface area contributed by atoms with Crippen LogP contribution in [0.4, 0.5) is 0 Å². The minimum Gasteiger partial charge on any atom is -0.389 e. The SMILES string of the molecule is CC1CCCC(O)(CNS(=O)(=O)N2CCNCC2)C1. The monoisotopic (exact) mass is 291 g/mol. The zero-order chi connectivity index (χ0) is 13.9. The van der Waals surface area contributed by atoms with Crippen LogP contribution in [0.25, 0.3) is 0 Å². The normalized spacial score (nSPS) is 34.3. The van der Waals surface area contributed by atoms with Crippen LogP contribution in [-0.4, -0.2) is 56.2 Å². The fourth-order valence-corrected chi connectivity index (χ4v) is 4.29. The van der Waals surface area contributed by atoms with Gasteiger partial charge in [0.2, 0.25) is 0 Å². The molecule has 19 heavy (non-hydrogen) atoms. The number of nitrogens with zero attached hydrogens (tertiary/aromatic N) is 1. The first-order chi connectivity index (χ1) is 8.91. The Balaban J connectivity index is 1.89. The second kappa shape index (κ2) is 6.05. The molecule has 2 unspecified atom stereocenters. The molecule has 2 aliphatic rings. The largest absolute Gasteiger partial charge is 0.389 e. The van der Waals surface area contributed by atoms with Crippen LogP contribution in [0.3, 0.4) is 0 Å². The van der Waals surface area contributed by atoms with Gasteiger partial charge in [0.25, 0.3) is 10.2 Å².